The van der Waals surface area contributed by atoms with Crippen LogP contribution in [0.4, 0.5) is 13.2 Å². The maximum Gasteiger partial charge on any atom is 0.416 e. The average Bonchev–Trinajstić information content (AvgIpc) is 3.53. The lowest BCUT2D eigenvalue weighted by molar-refractivity contribution is -0.207. The molecule has 0 spiro atoms. The Labute approximate surface area is 227 Å². The summed E-state index contributed by atoms with van der Waals surface area (Å²) in [5, 5.41) is 18.4. The van der Waals surface area contributed by atoms with Gasteiger partial charge < -0.3 is 5.11 Å². The molecule has 0 saturated heterocycles. The third-order valence-electron chi connectivity index (χ3n) is 6.77. The molecule has 1 atom stereocenters. The van der Waals surface area contributed by atoms with Crippen molar-refractivity contribution in [1.82, 2.24) is 24.6 Å². The minimum absolute atomic E-state index is 0.0528. The summed E-state index contributed by atoms with van der Waals surface area (Å²) in [6.45, 7) is 2.50. The second-order valence-corrected chi connectivity index (χ2v) is 9.71. The van der Waals surface area contributed by atoms with Crippen molar-refractivity contribution in [1.29, 1.82) is 0 Å². The third-order valence-corrected chi connectivity index (χ3v) is 6.77. The van der Waals surface area contributed by atoms with E-state index in [9.17, 15) is 27.9 Å². The van der Waals surface area contributed by atoms with Gasteiger partial charge in [-0.1, -0.05) is 55.8 Å². The van der Waals surface area contributed by atoms with Crippen LogP contribution in [-0.4, -0.2) is 48.2 Å². The average molecular weight is 553 g/mol. The van der Waals surface area contributed by atoms with Gasteiger partial charge in [-0.05, 0) is 36.1 Å². The van der Waals surface area contributed by atoms with Gasteiger partial charge in [0.15, 0.2) is 6.10 Å². The van der Waals surface area contributed by atoms with Crippen LogP contribution >= 0.6 is 0 Å². The van der Waals surface area contributed by atoms with Crippen molar-refractivity contribution in [3.05, 3.63) is 87.1 Å². The smallest absolute Gasteiger partial charge is 0.382 e. The molecule has 0 radical (unpaired) electrons. The number of hydrogen-bond donors (Lipinski definition) is 2. The first-order chi connectivity index (χ1) is 19.1. The van der Waals surface area contributed by atoms with Crippen LogP contribution in [0.1, 0.15) is 48.0 Å². The molecular weight excluding hydrogens is 525 g/mol. The van der Waals surface area contributed by atoms with E-state index in [4.69, 9.17) is 0 Å². The summed E-state index contributed by atoms with van der Waals surface area (Å²) in [4.78, 5) is 29.9. The molecule has 0 fully saturated rings. The Kier molecular flexibility index (Phi) is 7.28. The van der Waals surface area contributed by atoms with Gasteiger partial charge in [0.05, 0.1) is 24.4 Å². The molecule has 1 unspecified atom stereocenters. The number of carbonyl (C=O) groups is 1. The zero-order chi connectivity index (χ0) is 28.6. The summed E-state index contributed by atoms with van der Waals surface area (Å²) < 4.78 is 42.1. The van der Waals surface area contributed by atoms with Crippen LogP contribution in [0.15, 0.2) is 58.4 Å². The van der Waals surface area contributed by atoms with E-state index >= 15 is 0 Å². The van der Waals surface area contributed by atoms with E-state index in [0.29, 0.717) is 35.4 Å². The molecule has 1 aliphatic heterocycles. The fourth-order valence-corrected chi connectivity index (χ4v) is 4.91. The van der Waals surface area contributed by atoms with E-state index in [0.717, 1.165) is 15.7 Å². The summed E-state index contributed by atoms with van der Waals surface area (Å²) in [7, 11) is 0. The number of benzene rings is 2. The van der Waals surface area contributed by atoms with Gasteiger partial charge in [-0.25, -0.2) is 9.94 Å². The highest BCUT2D eigenvalue weighted by Gasteiger charge is 2.39. The molecule has 5 rings (SSSR count). The molecule has 208 valence electrons. The van der Waals surface area contributed by atoms with Crippen LogP contribution in [0.25, 0.3) is 16.9 Å². The van der Waals surface area contributed by atoms with E-state index < -0.39 is 24.4 Å². The van der Waals surface area contributed by atoms with Crippen LogP contribution in [0, 0.1) is 6.92 Å². The van der Waals surface area contributed by atoms with Gasteiger partial charge in [-0.2, -0.15) is 28.4 Å². The summed E-state index contributed by atoms with van der Waals surface area (Å²) in [6.07, 6.45) is -6.40. The minimum Gasteiger partial charge on any atom is -0.382 e. The molecule has 2 aromatic heterocycles. The van der Waals surface area contributed by atoms with Crippen molar-refractivity contribution in [2.45, 2.75) is 58.4 Å². The molecule has 4 aromatic rings. The van der Waals surface area contributed by atoms with Gasteiger partial charge >= 0.3 is 6.18 Å². The molecule has 2 N–H and O–H groups in total. The van der Waals surface area contributed by atoms with Crippen LogP contribution in [0.2, 0.25) is 0 Å². The Morgan fingerprint density at radius 3 is 2.50 bits per heavy atom. The van der Waals surface area contributed by atoms with Crippen molar-refractivity contribution in [3.8, 4) is 11.1 Å². The van der Waals surface area contributed by atoms with E-state index in [1.807, 2.05) is 55.5 Å². The molecule has 0 saturated carbocycles. The Hall–Kier alpha value is -4.32. The number of amides is 1. The molecular formula is C28H27F3N6O3. The Bertz CT molecular complexity index is 1670. The molecule has 9 nitrogen and oxygen atoms in total. The highest BCUT2D eigenvalue weighted by molar-refractivity contribution is 6.16. The highest BCUT2D eigenvalue weighted by Crippen LogP contribution is 2.28. The normalized spacial score (nSPS) is 14.4. The third kappa shape index (κ3) is 5.26. The number of carbonyl (C=O) groups excluding carboxylic acids is 1. The summed E-state index contributed by atoms with van der Waals surface area (Å²) in [6, 6.07) is 15.2. The lowest BCUT2D eigenvalue weighted by atomic mass is 9.91. The maximum atomic E-state index is 13.8. The Morgan fingerprint density at radius 1 is 1.10 bits per heavy atom. The van der Waals surface area contributed by atoms with Crippen molar-refractivity contribution in [2.24, 2.45) is 5.10 Å². The highest BCUT2D eigenvalue weighted by atomic mass is 19.4. The van der Waals surface area contributed by atoms with Gasteiger partial charge in [-0.3, -0.25) is 14.2 Å². The predicted octanol–water partition coefficient (Wildman–Crippen LogP) is 3.56. The maximum absolute atomic E-state index is 13.8. The summed E-state index contributed by atoms with van der Waals surface area (Å²) >= 11 is 0. The number of rotatable bonds is 8. The molecule has 40 heavy (non-hydrogen) atoms. The van der Waals surface area contributed by atoms with Crippen LogP contribution < -0.4 is 11.0 Å². The summed E-state index contributed by atoms with van der Waals surface area (Å²) in [5.41, 5.74) is 6.33. The number of alkyl halides is 3. The quantitative estimate of drug-likeness (QED) is 0.347. The number of fused-ring (bicyclic) bond motifs is 1. The first-order valence-corrected chi connectivity index (χ1v) is 12.8. The van der Waals surface area contributed by atoms with Gasteiger partial charge in [0, 0.05) is 17.5 Å². The number of hydrogen-bond acceptors (Lipinski definition) is 6. The van der Waals surface area contributed by atoms with Crippen molar-refractivity contribution < 1.29 is 23.1 Å². The van der Waals surface area contributed by atoms with Gasteiger partial charge in [0.2, 0.25) is 11.7 Å². The molecule has 1 amide bonds. The number of aliphatic hydroxyl groups is 1. The number of aryl methyl sites for hydroxylation is 2. The standard InChI is InChI=1S/C28H27F3N6O3/c1-3-7-23-21(26(40)36(15-24(38)28(29,30)31)27-32-16(2)35-37(23)27)13-17-10-11-19(18-8-5-4-6-9-18)20(12-17)22-14-25(39)34-33-22/h4-6,8-12,24,38H,3,7,13-15H2,1-2H3,(H,34,39). The topological polar surface area (TPSA) is 114 Å². The lowest BCUT2D eigenvalue weighted by Gasteiger charge is -2.19. The Balaban J connectivity index is 1.66. The van der Waals surface area contributed by atoms with E-state index in [1.165, 1.54) is 4.52 Å². The van der Waals surface area contributed by atoms with Crippen LogP contribution in [-0.2, 0) is 24.2 Å². The van der Waals surface area contributed by atoms with Crippen LogP contribution in [0.5, 0.6) is 0 Å². The Morgan fingerprint density at radius 2 is 1.85 bits per heavy atom. The van der Waals surface area contributed by atoms with Crippen molar-refractivity contribution in [2.75, 3.05) is 0 Å². The fourth-order valence-electron chi connectivity index (χ4n) is 4.91. The SMILES string of the molecule is CCCc1c(Cc2ccc(-c3ccccc3)c(C3=NNC(=O)C3)c2)c(=O)n(CC(O)C(F)(F)F)c2nc(C)nn12. The van der Waals surface area contributed by atoms with Gasteiger partial charge in [-0.15, -0.1) is 0 Å². The largest absolute Gasteiger partial charge is 0.416 e. The van der Waals surface area contributed by atoms with E-state index in [2.05, 4.69) is 20.6 Å². The molecule has 3 heterocycles. The number of hydrazone groups is 1. The summed E-state index contributed by atoms with van der Waals surface area (Å²) in [5.74, 6) is 0.000774. The zero-order valence-electron chi connectivity index (χ0n) is 21.9. The fraction of sp³-hybridized carbons (Fsp3) is 0.321. The van der Waals surface area contributed by atoms with E-state index in [1.54, 1.807) is 6.92 Å². The van der Waals surface area contributed by atoms with E-state index in [-0.39, 0.29) is 35.9 Å². The number of aliphatic hydroxyl groups excluding tert-OH is 1. The molecule has 1 aliphatic rings. The second kappa shape index (κ2) is 10.7. The van der Waals surface area contributed by atoms with Gasteiger partial charge in [0.1, 0.15) is 5.82 Å². The number of halogens is 3. The number of nitrogens with zero attached hydrogens (tertiary/aromatic N) is 5. The van der Waals surface area contributed by atoms with Crippen molar-refractivity contribution >= 4 is 17.4 Å². The monoisotopic (exact) mass is 552 g/mol. The molecule has 0 aliphatic carbocycles. The zero-order valence-corrected chi connectivity index (χ0v) is 21.9. The molecule has 0 bridgehead atoms. The molecule has 12 heteroatoms. The van der Waals surface area contributed by atoms with Gasteiger partial charge in [0.25, 0.3) is 5.56 Å². The molecule has 2 aromatic carbocycles. The number of aromatic nitrogens is 4. The first kappa shape index (κ1) is 27.3. The number of nitrogens with one attached hydrogen (secondary N) is 1. The second-order valence-electron chi connectivity index (χ2n) is 9.71. The lowest BCUT2D eigenvalue weighted by Crippen LogP contribution is -2.39. The van der Waals surface area contributed by atoms with Crippen molar-refractivity contribution in [3.63, 3.8) is 0 Å². The van der Waals surface area contributed by atoms with Crippen LogP contribution in [0.3, 0.4) is 0 Å². The predicted molar refractivity (Wildman–Crippen MR) is 142 cm³/mol. The first-order valence-electron chi connectivity index (χ1n) is 12.8. The minimum atomic E-state index is -4.91.